The summed E-state index contributed by atoms with van der Waals surface area (Å²) in [5.74, 6) is 0.726. The second kappa shape index (κ2) is 12.4. The molecule has 0 atom stereocenters. The van der Waals surface area contributed by atoms with Crippen LogP contribution in [0.15, 0.2) is 42.5 Å². The standard InChI is InChI=1S/C27H37N3O3/c1-4-6-15-29(16-7-5-2)17-10-18-30-24-14-13-22(27(31)32)19-23(24)28-26(30)20-33-25-12-9-8-11-21(25)3/h8-9,11-14,19H,4-7,10,15-18,20H2,1-3H3,(H,31,32). The molecule has 178 valence electrons. The summed E-state index contributed by atoms with van der Waals surface area (Å²) in [6.45, 7) is 11.0. The van der Waals surface area contributed by atoms with Gasteiger partial charge in [-0.15, -0.1) is 0 Å². The summed E-state index contributed by atoms with van der Waals surface area (Å²) >= 11 is 0. The highest BCUT2D eigenvalue weighted by atomic mass is 16.5. The highest BCUT2D eigenvalue weighted by molar-refractivity contribution is 5.92. The highest BCUT2D eigenvalue weighted by Crippen LogP contribution is 2.22. The molecule has 33 heavy (non-hydrogen) atoms. The Morgan fingerprint density at radius 3 is 2.39 bits per heavy atom. The molecular formula is C27H37N3O3. The number of rotatable bonds is 14. The maximum Gasteiger partial charge on any atom is 0.335 e. The van der Waals surface area contributed by atoms with Crippen molar-refractivity contribution in [3.63, 3.8) is 0 Å². The number of nitrogens with zero attached hydrogens (tertiary/aromatic N) is 3. The number of ether oxygens (including phenoxy) is 1. The molecular weight excluding hydrogens is 414 g/mol. The minimum absolute atomic E-state index is 0.254. The summed E-state index contributed by atoms with van der Waals surface area (Å²) in [6, 6.07) is 13.1. The third-order valence-electron chi connectivity index (χ3n) is 6.04. The van der Waals surface area contributed by atoms with Crippen molar-refractivity contribution in [2.24, 2.45) is 0 Å². The summed E-state index contributed by atoms with van der Waals surface area (Å²) in [4.78, 5) is 18.8. The summed E-state index contributed by atoms with van der Waals surface area (Å²) in [7, 11) is 0. The van der Waals surface area contributed by atoms with E-state index in [0.717, 1.165) is 55.3 Å². The van der Waals surface area contributed by atoms with Crippen LogP contribution in [-0.2, 0) is 13.2 Å². The number of imidazole rings is 1. The molecule has 2 aromatic carbocycles. The number of fused-ring (bicyclic) bond motifs is 1. The molecule has 0 amide bonds. The van der Waals surface area contributed by atoms with Crippen LogP contribution in [0.1, 0.15) is 67.7 Å². The van der Waals surface area contributed by atoms with Crippen LogP contribution in [0.2, 0.25) is 0 Å². The Balaban J connectivity index is 1.78. The van der Waals surface area contributed by atoms with Gasteiger partial charge >= 0.3 is 5.97 Å². The van der Waals surface area contributed by atoms with Gasteiger partial charge in [0.1, 0.15) is 18.2 Å². The Morgan fingerprint density at radius 1 is 1.03 bits per heavy atom. The molecule has 0 spiro atoms. The van der Waals surface area contributed by atoms with Crippen molar-refractivity contribution in [3.8, 4) is 5.75 Å². The number of carboxylic acids is 1. The molecule has 0 saturated heterocycles. The fourth-order valence-electron chi connectivity index (χ4n) is 4.08. The third kappa shape index (κ3) is 6.81. The first kappa shape index (κ1) is 24.8. The van der Waals surface area contributed by atoms with Crippen LogP contribution in [-0.4, -0.2) is 45.2 Å². The van der Waals surface area contributed by atoms with Crippen LogP contribution in [0.3, 0.4) is 0 Å². The average molecular weight is 452 g/mol. The molecule has 0 saturated carbocycles. The van der Waals surface area contributed by atoms with E-state index in [1.54, 1.807) is 12.1 Å². The van der Waals surface area contributed by atoms with Crippen LogP contribution in [0.5, 0.6) is 5.75 Å². The van der Waals surface area contributed by atoms with Crippen LogP contribution in [0, 0.1) is 6.92 Å². The van der Waals surface area contributed by atoms with E-state index in [0.29, 0.717) is 12.1 Å². The van der Waals surface area contributed by atoms with E-state index < -0.39 is 5.97 Å². The Hall–Kier alpha value is -2.86. The van der Waals surface area contributed by atoms with Gasteiger partial charge in [-0.05, 0) is 75.6 Å². The molecule has 0 aliphatic rings. The number of aryl methyl sites for hydroxylation is 2. The quantitative estimate of drug-likeness (QED) is 0.330. The van der Waals surface area contributed by atoms with E-state index >= 15 is 0 Å². The number of carboxylic acid groups (broad SMARTS) is 1. The zero-order chi connectivity index (χ0) is 23.6. The van der Waals surface area contributed by atoms with Gasteiger partial charge in [0.25, 0.3) is 0 Å². The first-order valence-corrected chi connectivity index (χ1v) is 12.2. The minimum atomic E-state index is -0.938. The Morgan fingerprint density at radius 2 is 1.73 bits per heavy atom. The predicted octanol–water partition coefficient (Wildman–Crippen LogP) is 5.91. The van der Waals surface area contributed by atoms with Gasteiger partial charge in [-0.2, -0.15) is 0 Å². The molecule has 3 rings (SSSR count). The second-order valence-corrected chi connectivity index (χ2v) is 8.64. The Kier molecular flexibility index (Phi) is 9.31. The highest BCUT2D eigenvalue weighted by Gasteiger charge is 2.15. The predicted molar refractivity (Wildman–Crippen MR) is 133 cm³/mol. The van der Waals surface area contributed by atoms with Gasteiger partial charge in [0, 0.05) is 6.54 Å². The lowest BCUT2D eigenvalue weighted by Gasteiger charge is -2.22. The molecule has 1 N–H and O–H groups in total. The minimum Gasteiger partial charge on any atom is -0.485 e. The number of para-hydroxylation sites is 1. The van der Waals surface area contributed by atoms with Crippen LogP contribution >= 0.6 is 0 Å². The molecule has 0 unspecified atom stereocenters. The van der Waals surface area contributed by atoms with Crippen LogP contribution in [0.25, 0.3) is 11.0 Å². The largest absolute Gasteiger partial charge is 0.485 e. The lowest BCUT2D eigenvalue weighted by Crippen LogP contribution is -2.28. The Labute approximate surface area is 197 Å². The normalized spacial score (nSPS) is 11.4. The number of carbonyl (C=O) groups is 1. The van der Waals surface area contributed by atoms with Crippen molar-refractivity contribution >= 4 is 17.0 Å². The van der Waals surface area contributed by atoms with Gasteiger partial charge in [0.2, 0.25) is 0 Å². The summed E-state index contributed by atoms with van der Waals surface area (Å²) in [5.41, 5.74) is 2.99. The van der Waals surface area contributed by atoms with Crippen molar-refractivity contribution in [2.45, 2.75) is 66.0 Å². The van der Waals surface area contributed by atoms with E-state index in [9.17, 15) is 9.90 Å². The van der Waals surface area contributed by atoms with Gasteiger partial charge in [-0.25, -0.2) is 9.78 Å². The van der Waals surface area contributed by atoms with Crippen LogP contribution < -0.4 is 4.74 Å². The summed E-state index contributed by atoms with van der Waals surface area (Å²) < 4.78 is 8.29. The molecule has 0 bridgehead atoms. The molecule has 0 radical (unpaired) electrons. The first-order valence-electron chi connectivity index (χ1n) is 12.2. The van der Waals surface area contributed by atoms with Crippen LogP contribution in [0.4, 0.5) is 0 Å². The zero-order valence-corrected chi connectivity index (χ0v) is 20.2. The van der Waals surface area contributed by atoms with Gasteiger partial charge in [0.05, 0.1) is 16.6 Å². The molecule has 1 heterocycles. The topological polar surface area (TPSA) is 67.6 Å². The molecule has 0 aliphatic carbocycles. The maximum atomic E-state index is 11.4. The number of hydrogen-bond donors (Lipinski definition) is 1. The number of hydrogen-bond acceptors (Lipinski definition) is 4. The summed E-state index contributed by atoms with van der Waals surface area (Å²) in [6.07, 6.45) is 5.88. The van der Waals surface area contributed by atoms with E-state index in [-0.39, 0.29) is 5.56 Å². The smallest absolute Gasteiger partial charge is 0.335 e. The SMILES string of the molecule is CCCCN(CCCC)CCCn1c(COc2ccccc2C)nc2cc(C(=O)O)ccc21. The maximum absolute atomic E-state index is 11.4. The fourth-order valence-corrected chi connectivity index (χ4v) is 4.08. The Bertz CT molecular complexity index is 1040. The van der Waals surface area contributed by atoms with Gasteiger partial charge in [-0.1, -0.05) is 44.9 Å². The molecule has 6 nitrogen and oxygen atoms in total. The van der Waals surface area contributed by atoms with Crippen molar-refractivity contribution in [3.05, 3.63) is 59.4 Å². The van der Waals surface area contributed by atoms with E-state index in [1.807, 2.05) is 37.3 Å². The molecule has 3 aromatic rings. The first-order chi connectivity index (χ1) is 16.0. The second-order valence-electron chi connectivity index (χ2n) is 8.64. The van der Waals surface area contributed by atoms with Crippen molar-refractivity contribution in [1.29, 1.82) is 0 Å². The van der Waals surface area contributed by atoms with Crippen molar-refractivity contribution < 1.29 is 14.6 Å². The lowest BCUT2D eigenvalue weighted by molar-refractivity contribution is 0.0697. The van der Waals surface area contributed by atoms with E-state index in [2.05, 4.69) is 23.3 Å². The van der Waals surface area contributed by atoms with E-state index in [1.165, 1.54) is 25.7 Å². The molecule has 0 aliphatic heterocycles. The van der Waals surface area contributed by atoms with Gasteiger partial charge in [-0.3, -0.25) is 0 Å². The van der Waals surface area contributed by atoms with Crippen molar-refractivity contribution in [1.82, 2.24) is 14.5 Å². The average Bonchev–Trinajstić information content (AvgIpc) is 3.16. The third-order valence-corrected chi connectivity index (χ3v) is 6.04. The molecule has 6 heteroatoms. The fraction of sp³-hybridized carbons (Fsp3) is 0.481. The number of unbranched alkanes of at least 4 members (excludes halogenated alkanes) is 2. The van der Waals surface area contributed by atoms with E-state index in [4.69, 9.17) is 9.72 Å². The zero-order valence-electron chi connectivity index (χ0n) is 20.2. The van der Waals surface area contributed by atoms with Gasteiger partial charge in [0.15, 0.2) is 0 Å². The molecule has 0 fully saturated rings. The van der Waals surface area contributed by atoms with Crippen molar-refractivity contribution in [2.75, 3.05) is 19.6 Å². The van der Waals surface area contributed by atoms with Gasteiger partial charge < -0.3 is 19.3 Å². The number of benzene rings is 2. The number of aromatic carboxylic acids is 1. The molecule has 1 aromatic heterocycles. The monoisotopic (exact) mass is 451 g/mol. The number of aromatic nitrogens is 2. The lowest BCUT2D eigenvalue weighted by atomic mass is 10.2. The summed E-state index contributed by atoms with van der Waals surface area (Å²) in [5, 5.41) is 9.38.